The van der Waals surface area contributed by atoms with E-state index in [9.17, 15) is 45.6 Å². The van der Waals surface area contributed by atoms with Crippen molar-refractivity contribution in [1.29, 1.82) is 0 Å². The highest BCUT2D eigenvalue weighted by Crippen LogP contribution is 2.30. The summed E-state index contributed by atoms with van der Waals surface area (Å²) >= 11 is 0. The first-order chi connectivity index (χ1) is 41.6. The maximum atomic E-state index is 13.3. The van der Waals surface area contributed by atoms with Gasteiger partial charge in [-0.2, -0.15) is 0 Å². The number of carbonyl (C=O) groups is 1. The molecular formula is C71H129NO13. The van der Waals surface area contributed by atoms with Crippen LogP contribution in [-0.4, -0.2) is 140 Å². The van der Waals surface area contributed by atoms with Crippen LogP contribution in [0.5, 0.6) is 0 Å². The monoisotopic (exact) mass is 1200 g/mol. The number of nitrogens with one attached hydrogen (secondary N) is 1. The average Bonchev–Trinajstić information content (AvgIpc) is 3.68. The van der Waals surface area contributed by atoms with Crippen LogP contribution in [0.4, 0.5) is 0 Å². The van der Waals surface area contributed by atoms with Crippen LogP contribution in [0.3, 0.4) is 0 Å². The Kier molecular flexibility index (Phi) is 51.7. The molecule has 2 saturated heterocycles. The van der Waals surface area contributed by atoms with Crippen molar-refractivity contribution < 1.29 is 64.6 Å². The number of unbranched alkanes of at least 4 members (excludes halogenated alkanes) is 36. The van der Waals surface area contributed by atoms with Gasteiger partial charge in [-0.05, 0) is 57.8 Å². The van der Waals surface area contributed by atoms with Crippen LogP contribution in [0.15, 0.2) is 60.8 Å². The minimum atomic E-state index is -1.79. The van der Waals surface area contributed by atoms with Gasteiger partial charge in [0.05, 0.1) is 32.0 Å². The van der Waals surface area contributed by atoms with Gasteiger partial charge in [0.25, 0.3) is 0 Å². The predicted molar refractivity (Wildman–Crippen MR) is 346 cm³/mol. The normalized spacial score (nSPS) is 23.9. The summed E-state index contributed by atoms with van der Waals surface area (Å²) in [6.07, 6.45) is 57.0. The minimum Gasteiger partial charge on any atom is -0.394 e. The summed E-state index contributed by atoms with van der Waals surface area (Å²) < 4.78 is 22.9. The zero-order valence-electron chi connectivity index (χ0n) is 53.8. The molecule has 0 aliphatic carbocycles. The van der Waals surface area contributed by atoms with Crippen LogP contribution in [0, 0.1) is 0 Å². The van der Waals surface area contributed by atoms with Crippen LogP contribution >= 0.6 is 0 Å². The lowest BCUT2D eigenvalue weighted by atomic mass is 9.97. The molecule has 2 fully saturated rings. The topological polar surface area (TPSA) is 228 Å². The van der Waals surface area contributed by atoms with Gasteiger partial charge in [0, 0.05) is 6.42 Å². The number of rotatable bonds is 57. The molecule has 0 aromatic carbocycles. The molecule has 14 heteroatoms. The second-order valence-electron chi connectivity index (χ2n) is 24.6. The lowest BCUT2D eigenvalue weighted by Crippen LogP contribution is -2.65. The quantitative estimate of drug-likeness (QED) is 0.0204. The van der Waals surface area contributed by atoms with Crippen LogP contribution < -0.4 is 5.32 Å². The summed E-state index contributed by atoms with van der Waals surface area (Å²) in [5.41, 5.74) is 0. The maximum Gasteiger partial charge on any atom is 0.220 e. The molecule has 2 aliphatic heterocycles. The van der Waals surface area contributed by atoms with E-state index < -0.39 is 86.8 Å². The summed E-state index contributed by atoms with van der Waals surface area (Å²) in [6, 6.07) is -0.921. The fraction of sp³-hybridized carbons (Fsp3) is 0.845. The molecular weight excluding hydrogens is 1070 g/mol. The second-order valence-corrected chi connectivity index (χ2v) is 24.6. The second kappa shape index (κ2) is 55.7. The van der Waals surface area contributed by atoms with E-state index in [1.165, 1.54) is 193 Å². The van der Waals surface area contributed by atoms with Gasteiger partial charge in [0.15, 0.2) is 12.6 Å². The van der Waals surface area contributed by atoms with Crippen LogP contribution in [0.2, 0.25) is 0 Å². The Morgan fingerprint density at radius 3 is 1.25 bits per heavy atom. The predicted octanol–water partition coefficient (Wildman–Crippen LogP) is 14.1. The third kappa shape index (κ3) is 40.1. The molecule has 1 amide bonds. The summed E-state index contributed by atoms with van der Waals surface area (Å²) in [7, 11) is 0. The molecule has 0 aromatic rings. The Hall–Kier alpha value is -2.31. The van der Waals surface area contributed by atoms with Gasteiger partial charge < -0.3 is 65.1 Å². The first-order valence-corrected chi connectivity index (χ1v) is 35.0. The molecule has 496 valence electrons. The molecule has 0 aromatic heterocycles. The number of hydrogen-bond donors (Lipinski definition) is 9. The summed E-state index contributed by atoms with van der Waals surface area (Å²) in [6.45, 7) is 2.72. The zero-order valence-corrected chi connectivity index (χ0v) is 53.8. The van der Waals surface area contributed by atoms with Crippen molar-refractivity contribution in [1.82, 2.24) is 5.32 Å². The van der Waals surface area contributed by atoms with Crippen LogP contribution in [0.1, 0.15) is 290 Å². The van der Waals surface area contributed by atoms with E-state index in [2.05, 4.69) is 67.8 Å². The van der Waals surface area contributed by atoms with Crippen molar-refractivity contribution in [2.45, 2.75) is 364 Å². The molecule has 2 heterocycles. The minimum absolute atomic E-state index is 0.242. The molecule has 12 unspecified atom stereocenters. The van der Waals surface area contributed by atoms with E-state index in [0.29, 0.717) is 6.42 Å². The Labute approximate surface area is 517 Å². The molecule has 0 bridgehead atoms. The zero-order chi connectivity index (χ0) is 61.6. The van der Waals surface area contributed by atoms with Gasteiger partial charge in [-0.25, -0.2) is 0 Å². The van der Waals surface area contributed by atoms with E-state index in [-0.39, 0.29) is 18.9 Å². The number of aliphatic hydroxyl groups excluding tert-OH is 8. The Morgan fingerprint density at radius 1 is 0.435 bits per heavy atom. The van der Waals surface area contributed by atoms with Crippen LogP contribution in [0.25, 0.3) is 0 Å². The Morgan fingerprint density at radius 2 is 0.812 bits per heavy atom. The SMILES string of the molecule is CC/C=C\C/C=C\C/C=C\C/C=C\CCCCCCCCCCCCC(=O)NC(COC1OC(CO)C(OC2OC(CO)C(O)C(O)C2O)C(O)C1O)C(O)/C=C/CCCCCCCCCCCCCCCCCCCCCCCCCCCC. The smallest absolute Gasteiger partial charge is 0.220 e. The van der Waals surface area contributed by atoms with Gasteiger partial charge in [-0.1, -0.05) is 286 Å². The average molecular weight is 1200 g/mol. The molecule has 2 aliphatic rings. The van der Waals surface area contributed by atoms with E-state index in [1.807, 2.05) is 6.08 Å². The molecule has 14 nitrogen and oxygen atoms in total. The lowest BCUT2D eigenvalue weighted by molar-refractivity contribution is -0.359. The number of allylic oxidation sites excluding steroid dienone is 9. The fourth-order valence-corrected chi connectivity index (χ4v) is 11.4. The molecule has 0 saturated carbocycles. The first-order valence-electron chi connectivity index (χ1n) is 35.0. The Balaban J connectivity index is 1.69. The molecule has 85 heavy (non-hydrogen) atoms. The lowest BCUT2D eigenvalue weighted by Gasteiger charge is -2.46. The molecule has 0 radical (unpaired) electrons. The standard InChI is InChI=1S/C71H129NO13/c1-3-5-7-9-11-13-15-17-19-21-23-25-27-28-29-30-31-33-34-36-38-40-42-44-46-48-50-52-54-60(75)59(58-82-70-68(81)66(79)69(62(57-74)84-70)85-71-67(80)65(78)64(77)61(56-73)83-71)72-63(76)55-53-51-49-47-45-43-41-39-37-35-32-26-24-22-20-18-16-14-12-10-8-6-4-2/h6,8,12,14,18,20,24,26,52,54,59-62,64-71,73-75,77-81H,3-5,7,9-11,13,15-17,19,21-23,25,27-51,53,55-58H2,1-2H3,(H,72,76)/b8-6-,14-12-,20-18-,26-24-,54-52+. The number of ether oxygens (including phenoxy) is 4. The number of amides is 1. The molecule has 0 spiro atoms. The van der Waals surface area contributed by atoms with Crippen molar-refractivity contribution in [2.24, 2.45) is 0 Å². The molecule has 9 N–H and O–H groups in total. The van der Waals surface area contributed by atoms with Crippen LogP contribution in [-0.2, 0) is 23.7 Å². The summed E-state index contributed by atoms with van der Waals surface area (Å²) in [4.78, 5) is 13.3. The van der Waals surface area contributed by atoms with Crippen molar-refractivity contribution in [3.63, 3.8) is 0 Å². The van der Waals surface area contributed by atoms with E-state index in [1.54, 1.807) is 6.08 Å². The van der Waals surface area contributed by atoms with E-state index >= 15 is 0 Å². The van der Waals surface area contributed by atoms with E-state index in [0.717, 1.165) is 70.6 Å². The Bertz CT molecular complexity index is 1660. The molecule has 12 atom stereocenters. The third-order valence-electron chi connectivity index (χ3n) is 17.0. The van der Waals surface area contributed by atoms with Crippen molar-refractivity contribution in [3.8, 4) is 0 Å². The van der Waals surface area contributed by atoms with Gasteiger partial charge in [0.2, 0.25) is 5.91 Å². The van der Waals surface area contributed by atoms with Gasteiger partial charge in [-0.3, -0.25) is 4.79 Å². The molecule has 2 rings (SSSR count). The number of aliphatic hydroxyl groups is 8. The van der Waals surface area contributed by atoms with Crippen molar-refractivity contribution in [2.75, 3.05) is 19.8 Å². The number of carbonyl (C=O) groups excluding carboxylic acids is 1. The number of hydrogen-bond acceptors (Lipinski definition) is 13. The summed E-state index contributed by atoms with van der Waals surface area (Å²) in [5.74, 6) is -0.242. The van der Waals surface area contributed by atoms with E-state index in [4.69, 9.17) is 18.9 Å². The third-order valence-corrected chi connectivity index (χ3v) is 17.0. The van der Waals surface area contributed by atoms with Crippen molar-refractivity contribution in [3.05, 3.63) is 60.8 Å². The van der Waals surface area contributed by atoms with Gasteiger partial charge in [0.1, 0.15) is 48.8 Å². The van der Waals surface area contributed by atoms with Gasteiger partial charge in [-0.15, -0.1) is 0 Å². The fourth-order valence-electron chi connectivity index (χ4n) is 11.4. The van der Waals surface area contributed by atoms with Crippen molar-refractivity contribution >= 4 is 5.91 Å². The largest absolute Gasteiger partial charge is 0.394 e. The highest BCUT2D eigenvalue weighted by atomic mass is 16.7. The highest BCUT2D eigenvalue weighted by Gasteiger charge is 2.51. The summed E-state index contributed by atoms with van der Waals surface area (Å²) in [5, 5.41) is 87.4. The first kappa shape index (κ1) is 78.8. The maximum absolute atomic E-state index is 13.3. The van der Waals surface area contributed by atoms with Gasteiger partial charge >= 0.3 is 0 Å². The highest BCUT2D eigenvalue weighted by molar-refractivity contribution is 5.76.